The van der Waals surface area contributed by atoms with Crippen molar-refractivity contribution in [2.45, 2.75) is 10.6 Å². The van der Waals surface area contributed by atoms with Gasteiger partial charge in [0.1, 0.15) is 28.2 Å². The lowest BCUT2D eigenvalue weighted by molar-refractivity contribution is 0.122. The topological polar surface area (TPSA) is 113 Å². The van der Waals surface area contributed by atoms with E-state index < -0.39 is 37.9 Å². The Hall–Kier alpha value is -4.60. The Morgan fingerprint density at radius 2 is 1.72 bits per heavy atom. The minimum absolute atomic E-state index is 0.261. The van der Waals surface area contributed by atoms with Crippen LogP contribution in [0.3, 0.4) is 0 Å². The van der Waals surface area contributed by atoms with E-state index in [4.69, 9.17) is 9.72 Å². The molecule has 0 spiro atoms. The lowest BCUT2D eigenvalue weighted by Crippen LogP contribution is -2.36. The Morgan fingerprint density at radius 1 is 0.957 bits per heavy atom. The Morgan fingerprint density at radius 3 is 2.41 bits per heavy atom. The first-order valence-corrected chi connectivity index (χ1v) is 16.6. The summed E-state index contributed by atoms with van der Waals surface area (Å²) < 4.78 is 75.0. The molecular weight excluding hydrogens is 640 g/mol. The summed E-state index contributed by atoms with van der Waals surface area (Å²) in [6, 6.07) is 12.1. The number of morpholine rings is 1. The number of anilines is 4. The SMILES string of the molecule is CN(C)c1nc(-c2ccc(F)c(CS(=O)(=O)c3c(F)cccc3F)c2)c(-c2ccnc(Nc3ccc(N4CCOCC4)nc3)n2)s1. The predicted octanol–water partition coefficient (Wildman–Crippen LogP) is 5.70. The number of pyridine rings is 1. The summed E-state index contributed by atoms with van der Waals surface area (Å²) in [4.78, 5) is 21.8. The van der Waals surface area contributed by atoms with E-state index in [-0.39, 0.29) is 5.56 Å². The van der Waals surface area contributed by atoms with Crippen molar-refractivity contribution in [2.75, 3.05) is 55.5 Å². The zero-order valence-electron chi connectivity index (χ0n) is 24.7. The molecule has 2 aromatic carbocycles. The second-order valence-electron chi connectivity index (χ2n) is 10.6. The molecule has 5 aromatic rings. The largest absolute Gasteiger partial charge is 0.378 e. The van der Waals surface area contributed by atoms with Crippen LogP contribution < -0.4 is 15.1 Å². The highest BCUT2D eigenvalue weighted by Gasteiger charge is 2.27. The van der Waals surface area contributed by atoms with Crippen molar-refractivity contribution >= 4 is 43.8 Å². The predicted molar refractivity (Wildman–Crippen MR) is 171 cm³/mol. The van der Waals surface area contributed by atoms with E-state index in [1.165, 1.54) is 23.5 Å². The van der Waals surface area contributed by atoms with Crippen LogP contribution in [0, 0.1) is 17.5 Å². The standard InChI is InChI=1S/C31H28F3N7O3S2/c1-40(2)31-39-27(19-6-8-22(32)20(16-19)18-46(42,43)29-23(33)4-3-5-24(29)34)28(45-31)25-10-11-35-30(38-25)37-21-7-9-26(36-17-21)41-12-14-44-15-13-41/h3-11,16-17H,12-15,18H2,1-2H3,(H,35,37,38). The van der Waals surface area contributed by atoms with Crippen LogP contribution in [0.2, 0.25) is 0 Å². The second-order valence-corrected chi connectivity index (χ2v) is 13.5. The maximum absolute atomic E-state index is 15.0. The van der Waals surface area contributed by atoms with Gasteiger partial charge in [-0.05, 0) is 48.5 Å². The normalized spacial score (nSPS) is 13.5. The summed E-state index contributed by atoms with van der Waals surface area (Å²) in [5.41, 5.74) is 1.76. The average molecular weight is 668 g/mol. The molecule has 0 atom stereocenters. The van der Waals surface area contributed by atoms with Gasteiger partial charge in [-0.2, -0.15) is 0 Å². The number of halogens is 3. The van der Waals surface area contributed by atoms with Crippen LogP contribution in [0.25, 0.3) is 21.8 Å². The van der Waals surface area contributed by atoms with Crippen molar-refractivity contribution in [1.29, 1.82) is 0 Å². The highest BCUT2D eigenvalue weighted by atomic mass is 32.2. The molecule has 0 bridgehead atoms. The van der Waals surface area contributed by atoms with Crippen LogP contribution in [0.5, 0.6) is 0 Å². The van der Waals surface area contributed by atoms with Crippen LogP contribution in [0.4, 0.5) is 35.8 Å². The van der Waals surface area contributed by atoms with E-state index in [0.29, 0.717) is 51.8 Å². The van der Waals surface area contributed by atoms with Gasteiger partial charge in [0, 0.05) is 44.5 Å². The van der Waals surface area contributed by atoms with Gasteiger partial charge in [0.15, 0.2) is 15.0 Å². The highest BCUT2D eigenvalue weighted by molar-refractivity contribution is 7.90. The van der Waals surface area contributed by atoms with Crippen LogP contribution >= 0.6 is 11.3 Å². The van der Waals surface area contributed by atoms with E-state index in [0.717, 1.165) is 43.2 Å². The molecule has 1 aliphatic heterocycles. The van der Waals surface area contributed by atoms with Gasteiger partial charge in [0.2, 0.25) is 5.95 Å². The second kappa shape index (κ2) is 13.0. The first-order valence-electron chi connectivity index (χ1n) is 14.1. The van der Waals surface area contributed by atoms with Crippen LogP contribution in [0.15, 0.2) is 71.9 Å². The van der Waals surface area contributed by atoms with Crippen LogP contribution in [-0.4, -0.2) is 68.8 Å². The summed E-state index contributed by atoms with van der Waals surface area (Å²) in [5, 5.41) is 3.79. The number of sulfone groups is 1. The number of rotatable bonds is 9. The molecule has 3 aromatic heterocycles. The lowest BCUT2D eigenvalue weighted by atomic mass is 10.1. The van der Waals surface area contributed by atoms with E-state index in [2.05, 4.69) is 25.2 Å². The van der Waals surface area contributed by atoms with Crippen molar-refractivity contribution in [3.05, 3.63) is 90.0 Å². The maximum Gasteiger partial charge on any atom is 0.227 e. The molecule has 1 aliphatic rings. The quantitative estimate of drug-likeness (QED) is 0.210. The third kappa shape index (κ3) is 6.66. The lowest BCUT2D eigenvalue weighted by Gasteiger charge is -2.27. The maximum atomic E-state index is 15.0. The Kier molecular flexibility index (Phi) is 8.88. The molecule has 0 unspecified atom stereocenters. The number of aromatic nitrogens is 4. The molecule has 15 heteroatoms. The molecule has 1 fully saturated rings. The summed E-state index contributed by atoms with van der Waals surface area (Å²) >= 11 is 1.33. The number of hydrogen-bond donors (Lipinski definition) is 1. The molecule has 0 radical (unpaired) electrons. The molecule has 46 heavy (non-hydrogen) atoms. The van der Waals surface area contributed by atoms with Crippen molar-refractivity contribution in [3.8, 4) is 21.8 Å². The molecule has 1 N–H and O–H groups in total. The first-order chi connectivity index (χ1) is 22.1. The Balaban J connectivity index is 1.31. The highest BCUT2D eigenvalue weighted by Crippen LogP contribution is 2.40. The fraction of sp³-hybridized carbons (Fsp3) is 0.226. The fourth-order valence-corrected chi connectivity index (χ4v) is 7.36. The molecular formula is C31H28F3N7O3S2. The zero-order valence-corrected chi connectivity index (χ0v) is 26.4. The monoisotopic (exact) mass is 667 g/mol. The number of benzene rings is 2. The van der Waals surface area contributed by atoms with E-state index in [1.54, 1.807) is 23.4 Å². The Bertz CT molecular complexity index is 1960. The molecule has 4 heterocycles. The van der Waals surface area contributed by atoms with Crippen molar-refractivity contribution in [2.24, 2.45) is 0 Å². The van der Waals surface area contributed by atoms with Crippen LogP contribution in [0.1, 0.15) is 5.56 Å². The summed E-state index contributed by atoms with van der Waals surface area (Å²) in [5.74, 6) is -3.13. The molecule has 0 saturated carbocycles. The van der Waals surface area contributed by atoms with Crippen molar-refractivity contribution in [1.82, 2.24) is 19.9 Å². The number of nitrogens with one attached hydrogen (secondary N) is 1. The molecule has 6 rings (SSSR count). The fourth-order valence-electron chi connectivity index (χ4n) is 4.87. The number of nitrogens with zero attached hydrogens (tertiary/aromatic N) is 6. The number of thiazole rings is 1. The van der Waals surface area contributed by atoms with E-state index in [1.807, 2.05) is 26.2 Å². The van der Waals surface area contributed by atoms with Crippen molar-refractivity contribution in [3.63, 3.8) is 0 Å². The third-order valence-electron chi connectivity index (χ3n) is 7.12. The van der Waals surface area contributed by atoms with Gasteiger partial charge >= 0.3 is 0 Å². The van der Waals surface area contributed by atoms with E-state index in [9.17, 15) is 21.6 Å². The molecule has 0 aliphatic carbocycles. The van der Waals surface area contributed by atoms with Gasteiger partial charge in [0.05, 0.1) is 47.1 Å². The summed E-state index contributed by atoms with van der Waals surface area (Å²) in [6.07, 6.45) is 3.29. The van der Waals surface area contributed by atoms with Crippen LogP contribution in [-0.2, 0) is 20.3 Å². The summed E-state index contributed by atoms with van der Waals surface area (Å²) in [6.45, 7) is 2.85. The van der Waals surface area contributed by atoms with Crippen molar-refractivity contribution < 1.29 is 26.3 Å². The average Bonchev–Trinajstić information content (AvgIpc) is 3.49. The molecule has 0 amide bonds. The van der Waals surface area contributed by atoms with E-state index >= 15 is 0 Å². The number of ether oxygens (including phenoxy) is 1. The van der Waals surface area contributed by atoms with Gasteiger partial charge in [-0.25, -0.2) is 41.5 Å². The van der Waals surface area contributed by atoms with Gasteiger partial charge in [-0.1, -0.05) is 17.4 Å². The molecule has 1 saturated heterocycles. The molecule has 238 valence electrons. The first kappa shape index (κ1) is 31.4. The smallest absolute Gasteiger partial charge is 0.227 e. The Labute approximate surface area is 267 Å². The summed E-state index contributed by atoms with van der Waals surface area (Å²) in [7, 11) is -0.934. The zero-order chi connectivity index (χ0) is 32.4. The third-order valence-corrected chi connectivity index (χ3v) is 10.1. The minimum Gasteiger partial charge on any atom is -0.378 e. The van der Waals surface area contributed by atoms with Gasteiger partial charge in [-0.3, -0.25) is 0 Å². The molecule has 10 nitrogen and oxygen atoms in total. The van der Waals surface area contributed by atoms with Gasteiger partial charge < -0.3 is 19.9 Å². The van der Waals surface area contributed by atoms with Gasteiger partial charge in [-0.15, -0.1) is 0 Å². The minimum atomic E-state index is -4.57. The number of hydrogen-bond acceptors (Lipinski definition) is 11. The van der Waals surface area contributed by atoms with Gasteiger partial charge in [0.25, 0.3) is 0 Å².